The highest BCUT2D eigenvalue weighted by Crippen LogP contribution is 2.45. The van der Waals surface area contributed by atoms with E-state index in [0.717, 1.165) is 25.1 Å². The van der Waals surface area contributed by atoms with Gasteiger partial charge < -0.3 is 9.47 Å². The summed E-state index contributed by atoms with van der Waals surface area (Å²) in [4.78, 5) is 11.9. The van der Waals surface area contributed by atoms with Gasteiger partial charge in [0.25, 0.3) is 0 Å². The largest absolute Gasteiger partial charge is 0.337 e. The molecular formula is C28H36N4. The summed E-state index contributed by atoms with van der Waals surface area (Å²) in [5.41, 5.74) is 8.41. The summed E-state index contributed by atoms with van der Waals surface area (Å²) < 4.78 is 2.23. The minimum atomic E-state index is 0.428. The van der Waals surface area contributed by atoms with Crippen LogP contribution in [0.5, 0.6) is 0 Å². The minimum Gasteiger partial charge on any atom is -0.337 e. The van der Waals surface area contributed by atoms with Crippen molar-refractivity contribution in [3.8, 4) is 0 Å². The van der Waals surface area contributed by atoms with Crippen LogP contribution in [-0.2, 0) is 13.0 Å². The molecule has 0 saturated carbocycles. The van der Waals surface area contributed by atoms with Crippen LogP contribution in [0.2, 0.25) is 0 Å². The number of nitrogens with zero attached hydrogens (tertiary/aromatic N) is 4. The number of pyridine rings is 1. The van der Waals surface area contributed by atoms with Crippen LogP contribution in [-0.4, -0.2) is 39.6 Å². The number of imidazole rings is 1. The summed E-state index contributed by atoms with van der Waals surface area (Å²) in [5, 5.41) is 0. The second-order valence-corrected chi connectivity index (χ2v) is 10.1. The number of hydrogen-bond donors (Lipinski definition) is 0. The van der Waals surface area contributed by atoms with E-state index in [-0.39, 0.29) is 0 Å². The summed E-state index contributed by atoms with van der Waals surface area (Å²) in [5.74, 6) is 1.63. The molecule has 5 rings (SSSR count). The Balaban J connectivity index is 1.48. The van der Waals surface area contributed by atoms with E-state index in [1.165, 1.54) is 54.7 Å². The molecule has 4 nitrogen and oxygen atoms in total. The van der Waals surface area contributed by atoms with E-state index in [1.807, 2.05) is 12.5 Å². The maximum Gasteiger partial charge on any atom is 0.0949 e. The number of hydrogen-bond acceptors (Lipinski definition) is 3. The highest BCUT2D eigenvalue weighted by atomic mass is 15.1. The van der Waals surface area contributed by atoms with Crippen LogP contribution in [0, 0.1) is 19.8 Å². The number of piperidine rings is 1. The zero-order valence-corrected chi connectivity index (χ0v) is 19.8. The summed E-state index contributed by atoms with van der Waals surface area (Å²) in [6.07, 6.45) is 12.1. The third-order valence-corrected chi connectivity index (χ3v) is 7.67. The van der Waals surface area contributed by atoms with Gasteiger partial charge in [-0.1, -0.05) is 29.8 Å². The van der Waals surface area contributed by atoms with Gasteiger partial charge in [0.1, 0.15) is 0 Å². The van der Waals surface area contributed by atoms with E-state index in [0.29, 0.717) is 17.8 Å². The molecule has 1 aliphatic heterocycles. The Morgan fingerprint density at radius 2 is 1.88 bits per heavy atom. The molecule has 0 spiro atoms. The smallest absolute Gasteiger partial charge is 0.0949 e. The van der Waals surface area contributed by atoms with Crippen LogP contribution in [0.1, 0.15) is 71.2 Å². The van der Waals surface area contributed by atoms with Crippen molar-refractivity contribution in [1.82, 2.24) is 19.4 Å². The first-order chi connectivity index (χ1) is 15.6. The second-order valence-electron chi connectivity index (χ2n) is 10.1. The molecule has 0 radical (unpaired) electrons. The fourth-order valence-corrected chi connectivity index (χ4v) is 5.98. The van der Waals surface area contributed by atoms with E-state index in [1.54, 1.807) is 5.56 Å². The van der Waals surface area contributed by atoms with Crippen LogP contribution in [0.25, 0.3) is 0 Å². The molecule has 1 aromatic carbocycles. The van der Waals surface area contributed by atoms with Crippen LogP contribution < -0.4 is 0 Å². The van der Waals surface area contributed by atoms with Crippen molar-refractivity contribution < 1.29 is 0 Å². The highest BCUT2D eigenvalue weighted by molar-refractivity contribution is 5.46. The van der Waals surface area contributed by atoms with Gasteiger partial charge in [0.2, 0.25) is 0 Å². The zero-order chi connectivity index (χ0) is 22.1. The molecule has 32 heavy (non-hydrogen) atoms. The maximum atomic E-state index is 5.07. The van der Waals surface area contributed by atoms with Gasteiger partial charge in [-0.15, -0.1) is 0 Å². The van der Waals surface area contributed by atoms with Crippen LogP contribution in [0.15, 0.2) is 49.1 Å². The number of aryl methyl sites for hydroxylation is 3. The van der Waals surface area contributed by atoms with Crippen molar-refractivity contribution in [3.63, 3.8) is 0 Å². The Morgan fingerprint density at radius 1 is 1.03 bits per heavy atom. The van der Waals surface area contributed by atoms with Crippen LogP contribution >= 0.6 is 0 Å². The quantitative estimate of drug-likeness (QED) is 0.539. The Morgan fingerprint density at radius 3 is 2.66 bits per heavy atom. The number of aromatic nitrogens is 3. The first kappa shape index (κ1) is 21.4. The van der Waals surface area contributed by atoms with Crippen molar-refractivity contribution in [2.75, 3.05) is 20.1 Å². The van der Waals surface area contributed by atoms with Gasteiger partial charge >= 0.3 is 0 Å². The highest BCUT2D eigenvalue weighted by Gasteiger charge is 2.35. The van der Waals surface area contributed by atoms with E-state index in [4.69, 9.17) is 4.98 Å². The molecule has 0 N–H and O–H groups in total. The van der Waals surface area contributed by atoms with Crippen LogP contribution in [0.4, 0.5) is 0 Å². The van der Waals surface area contributed by atoms with Gasteiger partial charge in [0.05, 0.1) is 17.7 Å². The monoisotopic (exact) mass is 428 g/mol. The third kappa shape index (κ3) is 4.38. The van der Waals surface area contributed by atoms with Crippen molar-refractivity contribution in [3.05, 3.63) is 82.7 Å². The summed E-state index contributed by atoms with van der Waals surface area (Å²) in [6, 6.07) is 11.7. The Bertz CT molecular complexity index is 1060. The molecule has 1 saturated heterocycles. The average Bonchev–Trinajstić information content (AvgIpc) is 3.15. The van der Waals surface area contributed by atoms with E-state index in [2.05, 4.69) is 71.9 Å². The first-order valence-electron chi connectivity index (χ1n) is 12.3. The zero-order valence-electron chi connectivity index (χ0n) is 19.8. The molecule has 0 bridgehead atoms. The third-order valence-electron chi connectivity index (χ3n) is 7.67. The van der Waals surface area contributed by atoms with Crippen molar-refractivity contribution in [2.45, 2.75) is 64.3 Å². The topological polar surface area (TPSA) is 34.0 Å². The number of benzene rings is 1. The molecule has 168 valence electrons. The van der Waals surface area contributed by atoms with E-state index >= 15 is 0 Å². The number of fused-ring (bicyclic) bond motifs is 2. The first-order valence-corrected chi connectivity index (χ1v) is 12.3. The molecule has 1 fully saturated rings. The Kier molecular flexibility index (Phi) is 6.14. The van der Waals surface area contributed by atoms with Gasteiger partial charge in [-0.25, -0.2) is 4.98 Å². The lowest BCUT2D eigenvalue weighted by Gasteiger charge is -2.35. The molecular weight excluding hydrogens is 392 g/mol. The lowest BCUT2D eigenvalue weighted by atomic mass is 9.76. The summed E-state index contributed by atoms with van der Waals surface area (Å²) in [6.45, 7) is 7.71. The van der Waals surface area contributed by atoms with Gasteiger partial charge in [0.15, 0.2) is 0 Å². The van der Waals surface area contributed by atoms with Crippen molar-refractivity contribution >= 4 is 0 Å². The standard InChI is InChI=1S/C28H36N4/c1-20-8-9-25-24(16-20)17-23(6-5-13-32-18-21(2)30-19-32)26-7-4-12-29-28(26)27(25)22-10-14-31(3)15-11-22/h4,7-9,12,16,18-19,22-23,27H,5-6,10-11,13-15,17H2,1-3H3. The molecule has 1 aliphatic carbocycles. The van der Waals surface area contributed by atoms with Crippen LogP contribution in [0.3, 0.4) is 0 Å². The van der Waals surface area contributed by atoms with E-state index < -0.39 is 0 Å². The fourth-order valence-electron chi connectivity index (χ4n) is 5.98. The normalized spacial score (nSPS) is 21.7. The number of rotatable bonds is 5. The predicted molar refractivity (Wildman–Crippen MR) is 130 cm³/mol. The van der Waals surface area contributed by atoms with Gasteiger partial charge in [-0.2, -0.15) is 0 Å². The van der Waals surface area contributed by atoms with Gasteiger partial charge in [-0.05, 0) is 101 Å². The molecule has 2 aliphatic rings. The van der Waals surface area contributed by atoms with Crippen molar-refractivity contribution in [2.24, 2.45) is 5.92 Å². The van der Waals surface area contributed by atoms with E-state index in [9.17, 15) is 0 Å². The predicted octanol–water partition coefficient (Wildman–Crippen LogP) is 5.49. The molecule has 3 heterocycles. The number of likely N-dealkylation sites (tertiary alicyclic amines) is 1. The summed E-state index contributed by atoms with van der Waals surface area (Å²) in [7, 11) is 2.25. The average molecular weight is 429 g/mol. The lowest BCUT2D eigenvalue weighted by molar-refractivity contribution is 0.206. The SMILES string of the molecule is Cc1ccc2c(c1)CC(CCCn1cnc(C)c1)c1cccnc1C2C1CCN(C)CC1. The molecule has 4 heteroatoms. The molecule has 3 aromatic rings. The van der Waals surface area contributed by atoms with Gasteiger partial charge in [0, 0.05) is 24.9 Å². The van der Waals surface area contributed by atoms with Gasteiger partial charge in [-0.3, -0.25) is 4.98 Å². The molecule has 2 unspecified atom stereocenters. The lowest BCUT2D eigenvalue weighted by Crippen LogP contribution is -2.33. The fraction of sp³-hybridized carbons (Fsp3) is 0.500. The maximum absolute atomic E-state index is 5.07. The molecule has 2 atom stereocenters. The van der Waals surface area contributed by atoms with Crippen molar-refractivity contribution in [1.29, 1.82) is 0 Å². The Hall–Kier alpha value is -2.46. The molecule has 2 aromatic heterocycles. The minimum absolute atomic E-state index is 0.428. The second kappa shape index (κ2) is 9.19. The Labute approximate surface area is 192 Å². The molecule has 0 amide bonds. The summed E-state index contributed by atoms with van der Waals surface area (Å²) >= 11 is 0.